The van der Waals surface area contributed by atoms with E-state index in [-0.39, 0.29) is 17.5 Å². The van der Waals surface area contributed by atoms with Crippen LogP contribution < -0.4 is 0 Å². The van der Waals surface area contributed by atoms with Crippen molar-refractivity contribution < 1.29 is 18.3 Å². The molecule has 1 heterocycles. The number of sulfonamides is 1. The molecule has 0 aliphatic carbocycles. The summed E-state index contributed by atoms with van der Waals surface area (Å²) in [7, 11) is -3.57. The Hall–Kier alpha value is -1.05. The zero-order chi connectivity index (χ0) is 14.8. The Balaban J connectivity index is 2.13. The van der Waals surface area contributed by atoms with Gasteiger partial charge in [0.15, 0.2) is 0 Å². The highest BCUT2D eigenvalue weighted by Crippen LogP contribution is 2.27. The number of hydrogen-bond acceptors (Lipinski definition) is 4. The lowest BCUT2D eigenvalue weighted by atomic mass is 10.0. The van der Waals surface area contributed by atoms with Gasteiger partial charge in [0.05, 0.1) is 11.6 Å². The van der Waals surface area contributed by atoms with Gasteiger partial charge in [0.25, 0.3) is 0 Å². The Morgan fingerprint density at radius 2 is 2.10 bits per heavy atom. The SMILES string of the molecule is CC(CS(=O)(=O)N1CSC[C@H]1C(=O)O)c1ccccc1. The normalized spacial score (nSPS) is 21.8. The van der Waals surface area contributed by atoms with Gasteiger partial charge in [0.2, 0.25) is 10.0 Å². The first-order valence-electron chi connectivity index (χ1n) is 6.27. The Morgan fingerprint density at radius 1 is 1.45 bits per heavy atom. The lowest BCUT2D eigenvalue weighted by Gasteiger charge is -2.22. The number of carboxylic acids is 1. The zero-order valence-electron chi connectivity index (χ0n) is 11.1. The number of thioether (sulfide) groups is 1. The molecule has 5 nitrogen and oxygen atoms in total. The van der Waals surface area contributed by atoms with E-state index in [0.29, 0.717) is 5.75 Å². The minimum Gasteiger partial charge on any atom is -0.480 e. The van der Waals surface area contributed by atoms with E-state index in [0.717, 1.165) is 9.87 Å². The second kappa shape index (κ2) is 6.15. The predicted octanol–water partition coefficient (Wildman–Crippen LogP) is 1.58. The van der Waals surface area contributed by atoms with Crippen LogP contribution in [0.3, 0.4) is 0 Å². The summed E-state index contributed by atoms with van der Waals surface area (Å²) in [6, 6.07) is 8.44. The average molecular weight is 315 g/mol. The molecule has 1 aromatic rings. The summed E-state index contributed by atoms with van der Waals surface area (Å²) in [6.07, 6.45) is 0. The third-order valence-corrected chi connectivity index (χ3v) is 6.51. The van der Waals surface area contributed by atoms with Gasteiger partial charge in [-0.2, -0.15) is 4.31 Å². The van der Waals surface area contributed by atoms with Crippen molar-refractivity contribution in [1.29, 1.82) is 0 Å². The van der Waals surface area contributed by atoms with Crippen molar-refractivity contribution in [2.75, 3.05) is 17.4 Å². The molecule has 2 atom stereocenters. The molecule has 1 aromatic carbocycles. The van der Waals surface area contributed by atoms with Gasteiger partial charge in [0.1, 0.15) is 6.04 Å². The van der Waals surface area contributed by atoms with Crippen LogP contribution in [0.15, 0.2) is 30.3 Å². The van der Waals surface area contributed by atoms with Gasteiger partial charge in [0, 0.05) is 5.75 Å². The van der Waals surface area contributed by atoms with Crippen molar-refractivity contribution in [1.82, 2.24) is 4.31 Å². The third kappa shape index (κ3) is 3.34. The Kier molecular flexibility index (Phi) is 4.72. The molecule has 110 valence electrons. The van der Waals surface area contributed by atoms with Crippen molar-refractivity contribution in [3.63, 3.8) is 0 Å². The number of aliphatic carboxylic acids is 1. The quantitative estimate of drug-likeness (QED) is 0.893. The summed E-state index contributed by atoms with van der Waals surface area (Å²) in [5, 5.41) is 9.08. The molecule has 0 radical (unpaired) electrons. The average Bonchev–Trinajstić information content (AvgIpc) is 2.89. The van der Waals surface area contributed by atoms with E-state index in [9.17, 15) is 13.2 Å². The van der Waals surface area contributed by atoms with E-state index in [1.807, 2.05) is 37.3 Å². The Labute approximate surface area is 123 Å². The standard InChI is InChI=1S/C13H17NO4S2/c1-10(11-5-3-2-4-6-11)8-20(17,18)14-9-19-7-12(14)13(15)16/h2-6,10,12H,7-9H2,1H3,(H,15,16)/t10?,12-/m0/s1. The molecule has 1 fully saturated rings. The number of hydrogen-bond donors (Lipinski definition) is 1. The van der Waals surface area contributed by atoms with Crippen LogP contribution in [0, 0.1) is 0 Å². The molecule has 0 amide bonds. The van der Waals surface area contributed by atoms with Crippen LogP contribution in [0.5, 0.6) is 0 Å². The minimum atomic E-state index is -3.57. The summed E-state index contributed by atoms with van der Waals surface area (Å²) < 4.78 is 25.9. The smallest absolute Gasteiger partial charge is 0.322 e. The van der Waals surface area contributed by atoms with Crippen molar-refractivity contribution in [3.8, 4) is 0 Å². The molecule has 2 rings (SSSR count). The maximum atomic E-state index is 12.4. The molecular formula is C13H17NO4S2. The molecule has 7 heteroatoms. The molecule has 1 N–H and O–H groups in total. The van der Waals surface area contributed by atoms with Crippen molar-refractivity contribution in [2.45, 2.75) is 18.9 Å². The summed E-state index contributed by atoms with van der Waals surface area (Å²) in [4.78, 5) is 11.1. The zero-order valence-corrected chi connectivity index (χ0v) is 12.7. The van der Waals surface area contributed by atoms with E-state index in [1.165, 1.54) is 11.8 Å². The highest BCUT2D eigenvalue weighted by Gasteiger charge is 2.39. The van der Waals surface area contributed by atoms with E-state index in [2.05, 4.69) is 0 Å². The fourth-order valence-electron chi connectivity index (χ4n) is 2.19. The predicted molar refractivity (Wildman–Crippen MR) is 79.2 cm³/mol. The maximum Gasteiger partial charge on any atom is 0.322 e. The second-order valence-electron chi connectivity index (χ2n) is 4.83. The van der Waals surface area contributed by atoms with Gasteiger partial charge in [-0.05, 0) is 11.5 Å². The van der Waals surface area contributed by atoms with Gasteiger partial charge in [-0.15, -0.1) is 11.8 Å². The topological polar surface area (TPSA) is 74.7 Å². The summed E-state index contributed by atoms with van der Waals surface area (Å²) in [5.41, 5.74) is 0.940. The maximum absolute atomic E-state index is 12.4. The van der Waals surface area contributed by atoms with E-state index >= 15 is 0 Å². The summed E-state index contributed by atoms with van der Waals surface area (Å²) in [6.45, 7) is 1.84. The van der Waals surface area contributed by atoms with Gasteiger partial charge >= 0.3 is 5.97 Å². The highest BCUT2D eigenvalue weighted by atomic mass is 32.2. The lowest BCUT2D eigenvalue weighted by molar-refractivity contribution is -0.140. The van der Waals surface area contributed by atoms with Crippen LogP contribution in [0.2, 0.25) is 0 Å². The molecule has 0 bridgehead atoms. The molecule has 1 saturated heterocycles. The van der Waals surface area contributed by atoms with Crippen molar-refractivity contribution >= 4 is 27.8 Å². The summed E-state index contributed by atoms with van der Waals surface area (Å²) >= 11 is 1.33. The first kappa shape index (κ1) is 15.3. The van der Waals surface area contributed by atoms with Crippen LogP contribution in [0.4, 0.5) is 0 Å². The number of nitrogens with zero attached hydrogens (tertiary/aromatic N) is 1. The van der Waals surface area contributed by atoms with E-state index in [4.69, 9.17) is 5.11 Å². The van der Waals surface area contributed by atoms with E-state index in [1.54, 1.807) is 0 Å². The Bertz CT molecular complexity index is 573. The van der Waals surface area contributed by atoms with Crippen molar-refractivity contribution in [2.24, 2.45) is 0 Å². The molecule has 1 unspecified atom stereocenters. The molecule has 1 aliphatic heterocycles. The van der Waals surface area contributed by atoms with Crippen molar-refractivity contribution in [3.05, 3.63) is 35.9 Å². The first-order chi connectivity index (χ1) is 9.42. The van der Waals surface area contributed by atoms with Gasteiger partial charge in [-0.25, -0.2) is 8.42 Å². The third-order valence-electron chi connectivity index (χ3n) is 3.31. The molecular weight excluding hydrogens is 298 g/mol. The molecule has 20 heavy (non-hydrogen) atoms. The number of carbonyl (C=O) groups is 1. The number of rotatable bonds is 5. The minimum absolute atomic E-state index is 0.0681. The van der Waals surface area contributed by atoms with Crippen LogP contribution in [-0.4, -0.2) is 47.2 Å². The van der Waals surface area contributed by atoms with E-state index < -0.39 is 22.0 Å². The van der Waals surface area contributed by atoms with Gasteiger partial charge in [-0.1, -0.05) is 37.3 Å². The summed E-state index contributed by atoms with van der Waals surface area (Å²) in [5.74, 6) is -0.775. The molecule has 1 aliphatic rings. The molecule has 0 saturated carbocycles. The van der Waals surface area contributed by atoms with Gasteiger partial charge < -0.3 is 5.11 Å². The Morgan fingerprint density at radius 3 is 2.70 bits per heavy atom. The van der Waals surface area contributed by atoms with Crippen LogP contribution in [0.1, 0.15) is 18.4 Å². The van der Waals surface area contributed by atoms with Crippen LogP contribution >= 0.6 is 11.8 Å². The first-order valence-corrected chi connectivity index (χ1v) is 9.03. The fraction of sp³-hybridized carbons (Fsp3) is 0.462. The highest BCUT2D eigenvalue weighted by molar-refractivity contribution is 8.00. The monoisotopic (exact) mass is 315 g/mol. The van der Waals surface area contributed by atoms with Gasteiger partial charge in [-0.3, -0.25) is 4.79 Å². The van der Waals surface area contributed by atoms with Crippen LogP contribution in [-0.2, 0) is 14.8 Å². The fourth-order valence-corrected chi connectivity index (χ4v) is 5.73. The molecule has 0 spiro atoms. The largest absolute Gasteiger partial charge is 0.480 e. The molecule has 0 aromatic heterocycles. The number of carboxylic acid groups (broad SMARTS) is 1. The lowest BCUT2D eigenvalue weighted by Crippen LogP contribution is -2.43. The van der Waals surface area contributed by atoms with Crippen LogP contribution in [0.25, 0.3) is 0 Å². The number of benzene rings is 1. The second-order valence-corrected chi connectivity index (χ2v) is 7.80.